The Morgan fingerprint density at radius 2 is 2.20 bits per heavy atom. The lowest BCUT2D eigenvalue weighted by molar-refractivity contribution is 0.249. The zero-order chi connectivity index (χ0) is 7.98. The van der Waals surface area contributed by atoms with Crippen LogP contribution in [0.3, 0.4) is 0 Å². The molecule has 0 aliphatic heterocycles. The van der Waals surface area contributed by atoms with Crippen molar-refractivity contribution >= 4 is 6.41 Å². The van der Waals surface area contributed by atoms with Gasteiger partial charge in [0.05, 0.1) is 0 Å². The fourth-order valence-corrected chi connectivity index (χ4v) is 0.650. The molecule has 1 N–H and O–H groups in total. The van der Waals surface area contributed by atoms with Crippen LogP contribution in [0.4, 0.5) is 0 Å². The first kappa shape index (κ1) is 9.43. The van der Waals surface area contributed by atoms with Crippen LogP contribution < -0.4 is 0 Å². The Morgan fingerprint density at radius 3 is 2.50 bits per heavy atom. The third-order valence-electron chi connectivity index (χ3n) is 1.30. The molecule has 0 atom stereocenters. The molecular weight excluding hydrogens is 130 g/mol. The van der Waals surface area contributed by atoms with E-state index in [-0.39, 0.29) is 12.6 Å². The van der Waals surface area contributed by atoms with Crippen LogP contribution >= 0.6 is 0 Å². The number of aliphatic hydroxyl groups excluding tert-OH is 1. The summed E-state index contributed by atoms with van der Waals surface area (Å²) in [6.07, 6.45) is 2.44. The lowest BCUT2D eigenvalue weighted by atomic mass is 10.3. The molecule has 0 aliphatic carbocycles. The molecular formula is C7H14NO2. The zero-order valence-corrected chi connectivity index (χ0v) is 6.50. The highest BCUT2D eigenvalue weighted by molar-refractivity contribution is 5.48. The van der Waals surface area contributed by atoms with Gasteiger partial charge in [0, 0.05) is 19.2 Å². The van der Waals surface area contributed by atoms with E-state index in [0.29, 0.717) is 13.0 Å². The Morgan fingerprint density at radius 1 is 1.60 bits per heavy atom. The average Bonchev–Trinajstić information content (AvgIpc) is 1.89. The highest BCUT2D eigenvalue weighted by atomic mass is 16.3. The molecule has 59 valence electrons. The average molecular weight is 144 g/mol. The first-order chi connectivity index (χ1) is 4.72. The molecule has 1 amide bonds. The third kappa shape index (κ3) is 3.45. The van der Waals surface area contributed by atoms with Crippen LogP contribution in [-0.2, 0) is 4.79 Å². The molecule has 10 heavy (non-hydrogen) atoms. The second kappa shape index (κ2) is 5.23. The fourth-order valence-electron chi connectivity index (χ4n) is 0.650. The third-order valence-corrected chi connectivity index (χ3v) is 1.30. The number of nitrogens with zero attached hydrogens (tertiary/aromatic N) is 1. The Labute approximate surface area is 61.6 Å². The normalized spacial score (nSPS) is 10.0. The highest BCUT2D eigenvalue weighted by Crippen LogP contribution is 1.94. The molecule has 0 aliphatic rings. The van der Waals surface area contributed by atoms with Crippen molar-refractivity contribution in [2.45, 2.75) is 26.3 Å². The van der Waals surface area contributed by atoms with Gasteiger partial charge in [-0.3, -0.25) is 4.79 Å². The minimum atomic E-state index is 0.130. The molecule has 3 nitrogen and oxygen atoms in total. The maximum Gasteiger partial charge on any atom is 0.312 e. The summed E-state index contributed by atoms with van der Waals surface area (Å²) in [5.41, 5.74) is 0. The van der Waals surface area contributed by atoms with Crippen LogP contribution in [0.15, 0.2) is 0 Å². The molecule has 0 saturated carbocycles. The summed E-state index contributed by atoms with van der Waals surface area (Å²) in [6.45, 7) is 4.56. The van der Waals surface area contributed by atoms with Crippen molar-refractivity contribution in [3.63, 3.8) is 0 Å². The van der Waals surface area contributed by atoms with Crippen LogP contribution in [0.5, 0.6) is 0 Å². The molecule has 3 heteroatoms. The molecule has 0 unspecified atom stereocenters. The maximum atomic E-state index is 10.2. The van der Waals surface area contributed by atoms with Crippen molar-refractivity contribution < 1.29 is 9.90 Å². The molecule has 0 saturated heterocycles. The fraction of sp³-hybridized carbons (Fsp3) is 0.857. The molecule has 0 aromatic carbocycles. The summed E-state index contributed by atoms with van der Waals surface area (Å²) < 4.78 is 0. The van der Waals surface area contributed by atoms with Gasteiger partial charge in [-0.25, -0.2) is 0 Å². The first-order valence-corrected chi connectivity index (χ1v) is 3.47. The number of rotatable bonds is 5. The Kier molecular flexibility index (Phi) is 4.94. The van der Waals surface area contributed by atoms with Crippen molar-refractivity contribution in [2.75, 3.05) is 13.2 Å². The summed E-state index contributed by atoms with van der Waals surface area (Å²) in [7, 11) is 0. The van der Waals surface area contributed by atoms with Gasteiger partial charge in [0.1, 0.15) is 0 Å². The van der Waals surface area contributed by atoms with Crippen molar-refractivity contribution in [3.05, 3.63) is 0 Å². The summed E-state index contributed by atoms with van der Waals surface area (Å²) in [4.78, 5) is 11.7. The van der Waals surface area contributed by atoms with E-state index in [4.69, 9.17) is 5.11 Å². The largest absolute Gasteiger partial charge is 0.396 e. The van der Waals surface area contributed by atoms with E-state index in [1.807, 2.05) is 20.3 Å². The summed E-state index contributed by atoms with van der Waals surface area (Å²) in [5, 5.41) is 8.44. The number of aliphatic hydroxyl groups is 1. The number of amides is 1. The van der Waals surface area contributed by atoms with Gasteiger partial charge in [-0.05, 0) is 20.3 Å². The van der Waals surface area contributed by atoms with E-state index < -0.39 is 0 Å². The summed E-state index contributed by atoms with van der Waals surface area (Å²) in [6, 6.07) is 0.184. The van der Waals surface area contributed by atoms with Crippen LogP contribution in [0.25, 0.3) is 0 Å². The lowest BCUT2D eigenvalue weighted by Gasteiger charge is -2.19. The predicted molar refractivity (Wildman–Crippen MR) is 39.2 cm³/mol. The van der Waals surface area contributed by atoms with Crippen molar-refractivity contribution in [1.82, 2.24) is 4.90 Å². The van der Waals surface area contributed by atoms with Crippen LogP contribution in [0, 0.1) is 0 Å². The first-order valence-electron chi connectivity index (χ1n) is 3.47. The predicted octanol–water partition coefficient (Wildman–Crippen LogP) is 0.146. The van der Waals surface area contributed by atoms with Gasteiger partial charge in [0.2, 0.25) is 0 Å². The van der Waals surface area contributed by atoms with E-state index in [1.165, 1.54) is 4.90 Å². The summed E-state index contributed by atoms with van der Waals surface area (Å²) >= 11 is 0. The highest BCUT2D eigenvalue weighted by Gasteiger charge is 2.04. The van der Waals surface area contributed by atoms with Crippen molar-refractivity contribution in [2.24, 2.45) is 0 Å². The number of hydrogen-bond donors (Lipinski definition) is 1. The van der Waals surface area contributed by atoms with Gasteiger partial charge in [0.25, 0.3) is 0 Å². The van der Waals surface area contributed by atoms with E-state index in [1.54, 1.807) is 0 Å². The van der Waals surface area contributed by atoms with E-state index in [2.05, 4.69) is 0 Å². The zero-order valence-electron chi connectivity index (χ0n) is 6.50. The molecule has 0 aromatic rings. The minimum absolute atomic E-state index is 0.130. The second-order valence-electron chi connectivity index (χ2n) is 2.46. The standard InChI is InChI=1S/C7H14NO2/c1-7(2)8(6-10)4-3-5-9/h7,9H,3-5H2,1-2H3. The number of carbonyl (C=O) groups excluding carboxylic acids is 1. The van der Waals surface area contributed by atoms with Crippen LogP contribution in [-0.4, -0.2) is 35.6 Å². The monoisotopic (exact) mass is 144 g/mol. The number of hydrogen-bond acceptors (Lipinski definition) is 2. The minimum Gasteiger partial charge on any atom is -0.396 e. The van der Waals surface area contributed by atoms with E-state index in [9.17, 15) is 4.79 Å². The van der Waals surface area contributed by atoms with E-state index in [0.717, 1.165) is 0 Å². The van der Waals surface area contributed by atoms with Gasteiger partial charge in [-0.15, -0.1) is 0 Å². The van der Waals surface area contributed by atoms with Crippen LogP contribution in [0.2, 0.25) is 0 Å². The molecule has 0 bridgehead atoms. The van der Waals surface area contributed by atoms with Crippen molar-refractivity contribution in [3.8, 4) is 0 Å². The molecule has 1 radical (unpaired) electrons. The molecule has 0 aromatic heterocycles. The Hall–Kier alpha value is -0.570. The van der Waals surface area contributed by atoms with Crippen LogP contribution in [0.1, 0.15) is 20.3 Å². The Balaban J connectivity index is 3.50. The quantitative estimate of drug-likeness (QED) is 0.558. The van der Waals surface area contributed by atoms with Crippen molar-refractivity contribution in [1.29, 1.82) is 0 Å². The van der Waals surface area contributed by atoms with Gasteiger partial charge in [0.15, 0.2) is 0 Å². The molecule has 0 rings (SSSR count). The van der Waals surface area contributed by atoms with Gasteiger partial charge >= 0.3 is 6.41 Å². The second-order valence-corrected chi connectivity index (χ2v) is 2.46. The SMILES string of the molecule is CC(C)N([C]=O)CCCO. The smallest absolute Gasteiger partial charge is 0.312 e. The summed E-state index contributed by atoms with van der Waals surface area (Å²) in [5.74, 6) is 0. The van der Waals surface area contributed by atoms with Gasteiger partial charge in [-0.1, -0.05) is 0 Å². The van der Waals surface area contributed by atoms with E-state index >= 15 is 0 Å². The maximum absolute atomic E-state index is 10.2. The molecule has 0 spiro atoms. The molecule has 0 heterocycles. The topological polar surface area (TPSA) is 40.5 Å². The lowest BCUT2D eigenvalue weighted by Crippen LogP contribution is -2.30. The van der Waals surface area contributed by atoms with Gasteiger partial charge < -0.3 is 10.0 Å². The Bertz CT molecular complexity index is 93.6. The molecule has 0 fully saturated rings. The van der Waals surface area contributed by atoms with Gasteiger partial charge in [-0.2, -0.15) is 0 Å².